The summed E-state index contributed by atoms with van der Waals surface area (Å²) in [6.45, 7) is 2.12. The molecule has 122 valence electrons. The number of halogens is 1. The molecule has 0 fully saturated rings. The first-order valence-corrected chi connectivity index (χ1v) is 7.79. The summed E-state index contributed by atoms with van der Waals surface area (Å²) in [5, 5.41) is 4.37. The van der Waals surface area contributed by atoms with Crippen molar-refractivity contribution in [2.45, 2.75) is 13.5 Å². The number of nitrogens with zero attached hydrogens (tertiary/aromatic N) is 1. The van der Waals surface area contributed by atoms with Crippen molar-refractivity contribution in [1.82, 2.24) is 15.3 Å². The molecule has 1 aromatic carbocycles. The largest absolute Gasteiger partial charge is 0.452 e. The molecule has 0 saturated carbocycles. The molecule has 1 aliphatic heterocycles. The van der Waals surface area contributed by atoms with Gasteiger partial charge in [0.15, 0.2) is 5.75 Å². The second kappa shape index (κ2) is 5.72. The summed E-state index contributed by atoms with van der Waals surface area (Å²) in [7, 11) is 0. The lowest BCUT2D eigenvalue weighted by molar-refractivity contribution is -0.119. The number of benzene rings is 1. The van der Waals surface area contributed by atoms with Crippen LogP contribution in [0.5, 0.6) is 11.6 Å². The van der Waals surface area contributed by atoms with Crippen LogP contribution in [0, 0.1) is 0 Å². The lowest BCUT2D eigenvalue weighted by atomic mass is 10.1. The van der Waals surface area contributed by atoms with E-state index in [0.717, 1.165) is 27.7 Å². The van der Waals surface area contributed by atoms with Crippen LogP contribution in [0.3, 0.4) is 0 Å². The molecule has 0 bridgehead atoms. The predicted octanol–water partition coefficient (Wildman–Crippen LogP) is 3.25. The first-order chi connectivity index (χ1) is 11.6. The van der Waals surface area contributed by atoms with E-state index in [4.69, 9.17) is 21.1 Å². The maximum absolute atomic E-state index is 11.0. The minimum absolute atomic E-state index is 0.0705. The van der Waals surface area contributed by atoms with Gasteiger partial charge in [-0.25, -0.2) is 4.98 Å². The van der Waals surface area contributed by atoms with Gasteiger partial charge < -0.3 is 19.8 Å². The Morgan fingerprint density at radius 2 is 2.21 bits per heavy atom. The minimum atomic E-state index is -0.0705. The fraction of sp³-hybridized carbons (Fsp3) is 0.176. The molecule has 2 N–H and O–H groups in total. The van der Waals surface area contributed by atoms with Crippen LogP contribution in [0.4, 0.5) is 0 Å². The molecule has 3 aromatic rings. The summed E-state index contributed by atoms with van der Waals surface area (Å²) < 4.78 is 10.6. The van der Waals surface area contributed by atoms with Crippen LogP contribution in [0.15, 0.2) is 30.5 Å². The standard InChI is InChI=1S/C17H14ClN3O3/c1-9(22)19-7-12-2-10-3-14(18)13(5-15(10)21-12)11-4-16-17(20-6-11)24-8-23-16/h2-6,21H,7-8H2,1H3,(H,19,22). The number of ether oxygens (including phenoxy) is 2. The number of hydrogen-bond donors (Lipinski definition) is 2. The number of nitrogens with one attached hydrogen (secondary N) is 2. The number of aromatic amines is 1. The molecule has 0 saturated heterocycles. The van der Waals surface area contributed by atoms with Crippen molar-refractivity contribution < 1.29 is 14.3 Å². The summed E-state index contributed by atoms with van der Waals surface area (Å²) in [4.78, 5) is 18.6. The van der Waals surface area contributed by atoms with Crippen LogP contribution in [0.25, 0.3) is 22.0 Å². The maximum Gasteiger partial charge on any atom is 0.260 e. The summed E-state index contributed by atoms with van der Waals surface area (Å²) in [6, 6.07) is 7.70. The molecule has 0 unspecified atom stereocenters. The number of aromatic nitrogens is 2. The molecule has 1 aliphatic rings. The molecule has 3 heterocycles. The van der Waals surface area contributed by atoms with E-state index in [2.05, 4.69) is 15.3 Å². The molecule has 0 radical (unpaired) electrons. The number of amides is 1. The van der Waals surface area contributed by atoms with Crippen LogP contribution in [-0.2, 0) is 11.3 Å². The smallest absolute Gasteiger partial charge is 0.260 e. The van der Waals surface area contributed by atoms with Gasteiger partial charge in [0.1, 0.15) is 0 Å². The van der Waals surface area contributed by atoms with Crippen molar-refractivity contribution in [3.05, 3.63) is 41.2 Å². The third kappa shape index (κ3) is 2.65. The highest BCUT2D eigenvalue weighted by molar-refractivity contribution is 6.34. The van der Waals surface area contributed by atoms with Crippen molar-refractivity contribution >= 4 is 28.4 Å². The first-order valence-electron chi connectivity index (χ1n) is 7.42. The fourth-order valence-corrected chi connectivity index (χ4v) is 2.97. The average molecular weight is 344 g/mol. The van der Waals surface area contributed by atoms with E-state index in [1.165, 1.54) is 6.92 Å². The average Bonchev–Trinajstić information content (AvgIpc) is 3.17. The topological polar surface area (TPSA) is 76.2 Å². The van der Waals surface area contributed by atoms with Gasteiger partial charge in [-0.15, -0.1) is 0 Å². The van der Waals surface area contributed by atoms with E-state index in [-0.39, 0.29) is 12.7 Å². The van der Waals surface area contributed by atoms with Crippen molar-refractivity contribution in [3.63, 3.8) is 0 Å². The fourth-order valence-electron chi connectivity index (χ4n) is 2.69. The van der Waals surface area contributed by atoms with Crippen LogP contribution in [0.1, 0.15) is 12.6 Å². The van der Waals surface area contributed by atoms with E-state index in [0.29, 0.717) is 23.2 Å². The van der Waals surface area contributed by atoms with Gasteiger partial charge in [-0.1, -0.05) is 11.6 Å². The monoisotopic (exact) mass is 343 g/mol. The molecule has 0 spiro atoms. The van der Waals surface area contributed by atoms with Crippen molar-refractivity contribution in [2.75, 3.05) is 6.79 Å². The first kappa shape index (κ1) is 14.8. The third-order valence-corrected chi connectivity index (χ3v) is 4.14. The van der Waals surface area contributed by atoms with Gasteiger partial charge >= 0.3 is 0 Å². The molecule has 4 rings (SSSR count). The number of carbonyl (C=O) groups is 1. The van der Waals surface area contributed by atoms with E-state index < -0.39 is 0 Å². The van der Waals surface area contributed by atoms with E-state index in [9.17, 15) is 4.79 Å². The predicted molar refractivity (Wildman–Crippen MR) is 90.2 cm³/mol. The Labute approximate surface area is 142 Å². The van der Waals surface area contributed by atoms with Gasteiger partial charge in [-0.05, 0) is 24.3 Å². The van der Waals surface area contributed by atoms with Crippen LogP contribution in [0.2, 0.25) is 5.02 Å². The lowest BCUT2D eigenvalue weighted by Crippen LogP contribution is -2.18. The van der Waals surface area contributed by atoms with Crippen LogP contribution in [-0.4, -0.2) is 22.7 Å². The zero-order chi connectivity index (χ0) is 16.7. The van der Waals surface area contributed by atoms with Gasteiger partial charge in [0.05, 0.1) is 6.54 Å². The summed E-state index contributed by atoms with van der Waals surface area (Å²) in [5.74, 6) is 1.04. The normalized spacial score (nSPS) is 12.6. The van der Waals surface area contributed by atoms with Crippen molar-refractivity contribution in [2.24, 2.45) is 0 Å². The van der Waals surface area contributed by atoms with Gasteiger partial charge in [0.2, 0.25) is 12.7 Å². The van der Waals surface area contributed by atoms with Gasteiger partial charge in [0, 0.05) is 45.9 Å². The Morgan fingerprint density at radius 3 is 3.04 bits per heavy atom. The molecular formula is C17H14ClN3O3. The quantitative estimate of drug-likeness (QED) is 0.765. The highest BCUT2D eigenvalue weighted by Gasteiger charge is 2.17. The second-order valence-electron chi connectivity index (χ2n) is 5.56. The highest BCUT2D eigenvalue weighted by Crippen LogP contribution is 2.37. The number of hydrogen-bond acceptors (Lipinski definition) is 4. The molecule has 2 aromatic heterocycles. The van der Waals surface area contributed by atoms with Crippen molar-refractivity contribution in [1.29, 1.82) is 0 Å². The molecule has 0 aliphatic carbocycles. The lowest BCUT2D eigenvalue weighted by Gasteiger charge is -2.06. The number of carbonyl (C=O) groups excluding carboxylic acids is 1. The summed E-state index contributed by atoms with van der Waals surface area (Å²) >= 11 is 6.44. The Morgan fingerprint density at radius 1 is 1.33 bits per heavy atom. The Hall–Kier alpha value is -2.73. The molecule has 7 heteroatoms. The van der Waals surface area contributed by atoms with Crippen LogP contribution >= 0.6 is 11.6 Å². The van der Waals surface area contributed by atoms with Crippen molar-refractivity contribution in [3.8, 4) is 22.8 Å². The van der Waals surface area contributed by atoms with E-state index in [1.807, 2.05) is 24.3 Å². The molecule has 6 nitrogen and oxygen atoms in total. The Bertz CT molecular complexity index is 952. The highest BCUT2D eigenvalue weighted by atomic mass is 35.5. The molecular weight excluding hydrogens is 330 g/mol. The van der Waals surface area contributed by atoms with Crippen LogP contribution < -0.4 is 14.8 Å². The number of rotatable bonds is 3. The number of fused-ring (bicyclic) bond motifs is 2. The zero-order valence-corrected chi connectivity index (χ0v) is 13.6. The Balaban J connectivity index is 1.73. The number of H-pyrrole nitrogens is 1. The SMILES string of the molecule is CC(=O)NCc1cc2cc(Cl)c(-c3cnc4c(c3)OCO4)cc2[nH]1. The van der Waals surface area contributed by atoms with Gasteiger partial charge in [-0.3, -0.25) is 4.79 Å². The molecule has 24 heavy (non-hydrogen) atoms. The zero-order valence-electron chi connectivity index (χ0n) is 12.9. The Kier molecular flexibility index (Phi) is 3.54. The van der Waals surface area contributed by atoms with Gasteiger partial charge in [-0.2, -0.15) is 0 Å². The second-order valence-corrected chi connectivity index (χ2v) is 5.96. The van der Waals surface area contributed by atoms with E-state index >= 15 is 0 Å². The number of pyridine rings is 1. The third-order valence-electron chi connectivity index (χ3n) is 3.83. The summed E-state index contributed by atoms with van der Waals surface area (Å²) in [5.41, 5.74) is 3.55. The summed E-state index contributed by atoms with van der Waals surface area (Å²) in [6.07, 6.45) is 1.71. The molecule has 0 atom stereocenters. The van der Waals surface area contributed by atoms with E-state index in [1.54, 1.807) is 6.20 Å². The molecule has 1 amide bonds. The maximum atomic E-state index is 11.0. The van der Waals surface area contributed by atoms with Gasteiger partial charge in [0.25, 0.3) is 5.88 Å². The minimum Gasteiger partial charge on any atom is -0.452 e.